The number of aliphatic hydroxyl groups is 1. The van der Waals surface area contributed by atoms with Crippen molar-refractivity contribution in [3.8, 4) is 0 Å². The minimum atomic E-state index is -1.15. The fourth-order valence-electron chi connectivity index (χ4n) is 24.2. The minimum absolute atomic E-state index is 0.0576. The molecule has 10 aliphatic carbocycles. The highest BCUT2D eigenvalue weighted by atomic mass is 16.6. The number of nitrogens with two attached hydrogens (primary N) is 1. The first-order chi connectivity index (χ1) is 35.7. The van der Waals surface area contributed by atoms with Gasteiger partial charge in [-0.1, -0.05) is 92.2 Å². The third kappa shape index (κ3) is 5.26. The van der Waals surface area contributed by atoms with Crippen LogP contribution in [0.15, 0.2) is 76.4 Å². The zero-order chi connectivity index (χ0) is 48.4. The molecular weight excluding hydrogens is 903 g/mol. The average molecular weight is 984 g/mol. The lowest BCUT2D eigenvalue weighted by Gasteiger charge is -2.73. The van der Waals surface area contributed by atoms with Crippen LogP contribution in [0.2, 0.25) is 0 Å². The molecule has 1 aromatic rings. The van der Waals surface area contributed by atoms with Crippen LogP contribution in [0.3, 0.4) is 0 Å². The molecule has 19 aliphatic rings. The summed E-state index contributed by atoms with van der Waals surface area (Å²) >= 11 is 0. The largest absolute Gasteiger partial charge is 0.509 e. The van der Waals surface area contributed by atoms with Gasteiger partial charge in [0, 0.05) is 67.2 Å². The Bertz CT molecular complexity index is 2740. The van der Waals surface area contributed by atoms with E-state index >= 15 is 9.59 Å². The zero-order valence-electron chi connectivity index (χ0n) is 43.6. The minimum Gasteiger partial charge on any atom is -0.509 e. The van der Waals surface area contributed by atoms with Gasteiger partial charge in [0.15, 0.2) is 11.4 Å². The van der Waals surface area contributed by atoms with Crippen molar-refractivity contribution >= 4 is 11.9 Å². The molecule has 15 unspecified atom stereocenters. The normalized spacial score (nSPS) is 45.7. The number of carbonyl (C=O) groups excluding carboxylic acids is 2. The maximum atomic E-state index is 16.7. The Labute approximate surface area is 434 Å². The number of aryl methyl sites for hydroxylation is 1. The van der Waals surface area contributed by atoms with E-state index in [-0.39, 0.29) is 47.6 Å². The Kier molecular flexibility index (Phi) is 9.34. The van der Waals surface area contributed by atoms with Crippen LogP contribution in [-0.4, -0.2) is 65.1 Å². The van der Waals surface area contributed by atoms with Gasteiger partial charge < -0.3 is 25.2 Å². The van der Waals surface area contributed by atoms with Crippen LogP contribution in [0.5, 0.6) is 0 Å². The monoisotopic (exact) mass is 984 g/mol. The van der Waals surface area contributed by atoms with Crippen molar-refractivity contribution < 1.29 is 24.2 Å². The highest BCUT2D eigenvalue weighted by Gasteiger charge is 2.94. The van der Waals surface area contributed by atoms with Crippen molar-refractivity contribution in [1.29, 1.82) is 0 Å². The van der Waals surface area contributed by atoms with Crippen LogP contribution < -0.4 is 5.73 Å². The molecule has 8 fully saturated rings. The van der Waals surface area contributed by atoms with Crippen molar-refractivity contribution in [2.75, 3.05) is 26.2 Å². The van der Waals surface area contributed by atoms with Crippen LogP contribution in [-0.2, 0) is 26.3 Å². The maximum Gasteiger partial charge on any atom is 0.339 e. The highest BCUT2D eigenvalue weighted by molar-refractivity contribution is 6.00. The molecule has 20 rings (SSSR count). The molecule has 3 N–H and O–H groups in total. The van der Waals surface area contributed by atoms with Gasteiger partial charge >= 0.3 is 11.9 Å². The van der Waals surface area contributed by atoms with Crippen molar-refractivity contribution in [1.82, 2.24) is 9.80 Å². The van der Waals surface area contributed by atoms with Gasteiger partial charge in [-0.15, -0.1) is 0 Å². The number of esters is 2. The van der Waals surface area contributed by atoms with Gasteiger partial charge in [-0.05, 0) is 191 Å². The Balaban J connectivity index is 0.942. The number of rotatable bonds is 5. The first kappa shape index (κ1) is 44.5. The molecule has 5 spiro atoms. The van der Waals surface area contributed by atoms with Crippen LogP contribution >= 0.6 is 0 Å². The Morgan fingerprint density at radius 1 is 0.795 bits per heavy atom. The fraction of sp³-hybridized carbons (Fsp3) is 0.723. The predicted octanol–water partition coefficient (Wildman–Crippen LogP) is 12.2. The van der Waals surface area contributed by atoms with Crippen molar-refractivity contribution in [2.45, 2.75) is 178 Å². The van der Waals surface area contributed by atoms with Gasteiger partial charge in [-0.25, -0.2) is 4.79 Å². The average Bonchev–Trinajstić information content (AvgIpc) is 4.31. The van der Waals surface area contributed by atoms with E-state index in [2.05, 4.69) is 52.3 Å². The van der Waals surface area contributed by atoms with Gasteiger partial charge in [0.1, 0.15) is 11.2 Å². The molecule has 1 aromatic carbocycles. The van der Waals surface area contributed by atoms with E-state index in [1.807, 2.05) is 0 Å². The summed E-state index contributed by atoms with van der Waals surface area (Å²) in [5.74, 6) is 4.32. The summed E-state index contributed by atoms with van der Waals surface area (Å²) in [5, 5.41) is 13.9. The lowest BCUT2D eigenvalue weighted by atomic mass is 9.27. The van der Waals surface area contributed by atoms with E-state index in [4.69, 9.17) is 15.2 Å². The summed E-state index contributed by atoms with van der Waals surface area (Å²) in [6.07, 6.45) is 39.4. The highest BCUT2D eigenvalue weighted by Crippen LogP contribution is 2.89. The summed E-state index contributed by atoms with van der Waals surface area (Å²) in [4.78, 5) is 38.1. The Hall–Kier alpha value is -3.62. The zero-order valence-corrected chi connectivity index (χ0v) is 43.6. The summed E-state index contributed by atoms with van der Waals surface area (Å²) in [5.41, 5.74) is 12.8. The summed E-state index contributed by atoms with van der Waals surface area (Å²) < 4.78 is 14.8. The van der Waals surface area contributed by atoms with Crippen LogP contribution in [0.25, 0.3) is 0 Å². The number of benzene rings is 1. The molecule has 3 saturated heterocycles. The number of fused-ring (bicyclic) bond motifs is 5. The van der Waals surface area contributed by atoms with E-state index in [0.29, 0.717) is 95.3 Å². The van der Waals surface area contributed by atoms with Gasteiger partial charge in [0.25, 0.3) is 0 Å². The lowest BCUT2D eigenvalue weighted by molar-refractivity contribution is -0.283. The standard InChI is InChI=1S/C65H81N3O5/c66-27-9-14-39-12-8-16-48-54(39)59(70)73-65(48)52-30-40(38-10-1-2-11-38)17-19-46-45-15-7-13-41-29-42-18-20-49-43-28-37-34-67(36-43)50(44-32-61(22-3-4-23-61)62(33-44)24-5-6-25-62)31-51(69)58-63(65)26-21-47(56(46)64(52,63)60(71)72-58)55(53(41)45)57(42)68(49)35-37/h7-8,12,15-17,19,37-38,40-41,43-46,49-50,52-53,55,69H,1-6,9-11,13-14,18,20-36,66H2. The third-order valence-corrected chi connectivity index (χ3v) is 26.2. The topological polar surface area (TPSA) is 105 Å². The number of hydrogen-bond acceptors (Lipinski definition) is 8. The lowest BCUT2D eigenvalue weighted by Crippen LogP contribution is -2.78. The van der Waals surface area contributed by atoms with Crippen molar-refractivity contribution in [3.05, 3.63) is 93.1 Å². The molecule has 9 aliphatic heterocycles. The summed E-state index contributed by atoms with van der Waals surface area (Å²) in [6, 6.07) is 7.20. The second kappa shape index (κ2) is 15.3. The molecule has 12 bridgehead atoms. The van der Waals surface area contributed by atoms with Gasteiger partial charge in [0.2, 0.25) is 0 Å². The molecule has 386 valence electrons. The number of carbonyl (C=O) groups is 2. The fourth-order valence-corrected chi connectivity index (χ4v) is 24.2. The van der Waals surface area contributed by atoms with Gasteiger partial charge in [-0.3, -0.25) is 9.69 Å². The van der Waals surface area contributed by atoms with Crippen LogP contribution in [0.1, 0.15) is 176 Å². The molecule has 8 nitrogen and oxygen atoms in total. The first-order valence-electron chi connectivity index (χ1n) is 30.8. The number of aliphatic hydroxyl groups excluding tert-OH is 1. The summed E-state index contributed by atoms with van der Waals surface area (Å²) in [6.45, 7) is 3.90. The predicted molar refractivity (Wildman–Crippen MR) is 279 cm³/mol. The van der Waals surface area contributed by atoms with Gasteiger partial charge in [0.05, 0.1) is 11.0 Å². The van der Waals surface area contributed by atoms with Gasteiger partial charge in [-0.2, -0.15) is 0 Å². The maximum absolute atomic E-state index is 16.7. The molecular formula is C65H81N3O5. The first-order valence-corrected chi connectivity index (χ1v) is 30.8. The van der Waals surface area contributed by atoms with E-state index in [1.54, 1.807) is 16.8 Å². The van der Waals surface area contributed by atoms with E-state index in [0.717, 1.165) is 56.4 Å². The van der Waals surface area contributed by atoms with Crippen molar-refractivity contribution in [2.24, 2.45) is 92.5 Å². The molecule has 0 aromatic heterocycles. The van der Waals surface area contributed by atoms with E-state index < -0.39 is 16.4 Å². The number of allylic oxidation sites excluding steroid dienone is 6. The SMILES string of the molecule is NCCCc1cccc2c1C(=O)OC21C2CC(C3CCCC3)C=CC3C4=C5CCC16C(=C(O)CC(C1CC7(CCCC7)C7(CCCC7)C1)N1CC7CC(C1)C1CCC8=C(C5C5C(CC=CC35)C8)N1C7)OC(=O)C426. The van der Waals surface area contributed by atoms with Crippen LogP contribution in [0, 0.1) is 86.8 Å². The van der Waals surface area contributed by atoms with E-state index in [1.165, 1.54) is 121 Å². The third-order valence-electron chi connectivity index (χ3n) is 26.2. The number of hydrogen-bond donors (Lipinski definition) is 2. The number of ether oxygens (including phenoxy) is 2. The Morgan fingerprint density at radius 3 is 2.40 bits per heavy atom. The second-order valence-corrected chi connectivity index (χ2v) is 28.3. The molecule has 9 heterocycles. The molecule has 8 heteroatoms. The molecule has 0 radical (unpaired) electrons. The second-order valence-electron chi connectivity index (χ2n) is 28.3. The van der Waals surface area contributed by atoms with Crippen LogP contribution in [0.4, 0.5) is 0 Å². The Morgan fingerprint density at radius 2 is 1.60 bits per heavy atom. The molecule has 0 amide bonds. The molecule has 73 heavy (non-hydrogen) atoms. The van der Waals surface area contributed by atoms with Crippen molar-refractivity contribution in [3.63, 3.8) is 0 Å². The molecule has 5 saturated carbocycles. The smallest absolute Gasteiger partial charge is 0.339 e. The summed E-state index contributed by atoms with van der Waals surface area (Å²) in [7, 11) is 0. The number of piperidine rings is 2. The quantitative estimate of drug-likeness (QED) is 0.222. The molecule has 15 atom stereocenters. The number of nitrogens with zero attached hydrogens (tertiary/aromatic N) is 2. The van der Waals surface area contributed by atoms with E-state index in [9.17, 15) is 5.11 Å².